The first-order valence-electron chi connectivity index (χ1n) is 7.48. The zero-order valence-electron chi connectivity index (χ0n) is 12.3. The van der Waals surface area contributed by atoms with E-state index in [9.17, 15) is 4.79 Å². The van der Waals surface area contributed by atoms with Crippen LogP contribution in [0.4, 0.5) is 5.82 Å². The van der Waals surface area contributed by atoms with E-state index in [0.29, 0.717) is 13.0 Å². The summed E-state index contributed by atoms with van der Waals surface area (Å²) in [6.45, 7) is 5.97. The molecule has 1 fully saturated rings. The number of nitrogens with zero attached hydrogens (tertiary/aromatic N) is 3. The molecule has 0 atom stereocenters. The molecule has 3 rings (SSSR count). The van der Waals surface area contributed by atoms with Crippen molar-refractivity contribution in [3.05, 3.63) is 30.1 Å². The van der Waals surface area contributed by atoms with Crippen LogP contribution in [-0.4, -0.2) is 41.5 Å². The van der Waals surface area contributed by atoms with Crippen molar-refractivity contribution in [3.8, 4) is 0 Å². The minimum atomic E-state index is 0.120. The Morgan fingerprint density at radius 3 is 3.14 bits per heavy atom. The Morgan fingerprint density at radius 1 is 1.38 bits per heavy atom. The molecular formula is C15H21N5O. The first kappa shape index (κ1) is 13.9. The zero-order valence-corrected chi connectivity index (χ0v) is 12.3. The molecule has 1 amide bonds. The summed E-state index contributed by atoms with van der Waals surface area (Å²) in [5.74, 6) is 1.10. The van der Waals surface area contributed by atoms with Crippen LogP contribution in [0.1, 0.15) is 19.0 Å². The van der Waals surface area contributed by atoms with Crippen molar-refractivity contribution in [3.63, 3.8) is 0 Å². The van der Waals surface area contributed by atoms with E-state index in [4.69, 9.17) is 4.98 Å². The summed E-state index contributed by atoms with van der Waals surface area (Å²) in [5, 5.41) is 6.29. The fourth-order valence-electron chi connectivity index (χ4n) is 2.67. The Hall–Kier alpha value is -2.08. The van der Waals surface area contributed by atoms with Gasteiger partial charge in [0.05, 0.1) is 5.69 Å². The average Bonchev–Trinajstić information content (AvgIpc) is 2.72. The molecule has 0 spiro atoms. The van der Waals surface area contributed by atoms with Crippen LogP contribution < -0.4 is 15.5 Å². The summed E-state index contributed by atoms with van der Waals surface area (Å²) in [6, 6.07) is 6.03. The number of anilines is 1. The second kappa shape index (κ2) is 6.13. The molecule has 21 heavy (non-hydrogen) atoms. The normalized spacial score (nSPS) is 16.0. The lowest BCUT2D eigenvalue weighted by molar-refractivity contribution is -0.120. The topological polar surface area (TPSA) is 61.7 Å². The number of hydrogen-bond acceptors (Lipinski definition) is 4. The van der Waals surface area contributed by atoms with Gasteiger partial charge in [0.15, 0.2) is 5.82 Å². The lowest BCUT2D eigenvalue weighted by Crippen LogP contribution is -2.30. The van der Waals surface area contributed by atoms with E-state index in [1.807, 2.05) is 24.4 Å². The van der Waals surface area contributed by atoms with Crippen molar-refractivity contribution in [2.75, 3.05) is 31.1 Å². The maximum absolute atomic E-state index is 11.5. The molecule has 0 aliphatic carbocycles. The molecule has 0 radical (unpaired) electrons. The highest BCUT2D eigenvalue weighted by molar-refractivity contribution is 5.77. The van der Waals surface area contributed by atoms with Crippen LogP contribution in [0, 0.1) is 0 Å². The molecule has 112 valence electrons. The van der Waals surface area contributed by atoms with Crippen LogP contribution >= 0.6 is 0 Å². The van der Waals surface area contributed by atoms with Gasteiger partial charge in [0.25, 0.3) is 0 Å². The molecule has 0 saturated carbocycles. The average molecular weight is 287 g/mol. The quantitative estimate of drug-likeness (QED) is 0.872. The van der Waals surface area contributed by atoms with Gasteiger partial charge in [0.2, 0.25) is 5.91 Å². The van der Waals surface area contributed by atoms with Gasteiger partial charge < -0.3 is 19.9 Å². The molecule has 1 aliphatic rings. The molecule has 1 aliphatic heterocycles. The number of amides is 1. The molecule has 0 bridgehead atoms. The second-order valence-corrected chi connectivity index (χ2v) is 5.18. The second-order valence-electron chi connectivity index (χ2n) is 5.18. The van der Waals surface area contributed by atoms with Gasteiger partial charge in [-0.2, -0.15) is 0 Å². The lowest BCUT2D eigenvalue weighted by atomic mass is 10.3. The smallest absolute Gasteiger partial charge is 0.221 e. The number of fused-ring (bicyclic) bond motifs is 1. The van der Waals surface area contributed by atoms with Gasteiger partial charge in [0.1, 0.15) is 5.65 Å². The predicted octanol–water partition coefficient (Wildman–Crippen LogP) is 0.770. The molecule has 0 unspecified atom stereocenters. The SMILES string of the molecule is CCNCc1c(N2CCNC(=O)CC2)nc2ccccn12. The number of hydrogen-bond donors (Lipinski definition) is 2. The van der Waals surface area contributed by atoms with E-state index in [-0.39, 0.29) is 5.91 Å². The minimum Gasteiger partial charge on any atom is -0.354 e. The van der Waals surface area contributed by atoms with Crippen LogP contribution in [0.3, 0.4) is 0 Å². The molecule has 6 nitrogen and oxygen atoms in total. The van der Waals surface area contributed by atoms with Crippen LogP contribution in [0.25, 0.3) is 5.65 Å². The number of carbonyl (C=O) groups excluding carboxylic acids is 1. The largest absolute Gasteiger partial charge is 0.354 e. The first-order chi connectivity index (χ1) is 10.3. The van der Waals surface area contributed by atoms with Gasteiger partial charge in [-0.15, -0.1) is 0 Å². The van der Waals surface area contributed by atoms with Crippen LogP contribution in [0.5, 0.6) is 0 Å². The number of carbonyl (C=O) groups is 1. The van der Waals surface area contributed by atoms with E-state index in [1.54, 1.807) is 0 Å². The summed E-state index contributed by atoms with van der Waals surface area (Å²) in [5.41, 5.74) is 2.10. The molecule has 2 aromatic heterocycles. The minimum absolute atomic E-state index is 0.120. The van der Waals surface area contributed by atoms with Crippen molar-refractivity contribution in [2.24, 2.45) is 0 Å². The number of aromatic nitrogens is 2. The Kier molecular flexibility index (Phi) is 4.06. The van der Waals surface area contributed by atoms with E-state index in [2.05, 4.69) is 26.9 Å². The van der Waals surface area contributed by atoms with Gasteiger partial charge >= 0.3 is 0 Å². The maximum Gasteiger partial charge on any atom is 0.221 e. The maximum atomic E-state index is 11.5. The third kappa shape index (κ3) is 2.85. The third-order valence-corrected chi connectivity index (χ3v) is 3.76. The van der Waals surface area contributed by atoms with E-state index in [1.165, 1.54) is 0 Å². The van der Waals surface area contributed by atoms with E-state index in [0.717, 1.165) is 43.3 Å². The van der Waals surface area contributed by atoms with Gasteiger partial charge in [-0.25, -0.2) is 4.98 Å². The van der Waals surface area contributed by atoms with Gasteiger partial charge in [-0.3, -0.25) is 4.79 Å². The van der Waals surface area contributed by atoms with Crippen molar-refractivity contribution in [2.45, 2.75) is 19.9 Å². The summed E-state index contributed by atoms with van der Waals surface area (Å²) >= 11 is 0. The van der Waals surface area contributed by atoms with Crippen molar-refractivity contribution in [1.29, 1.82) is 0 Å². The number of pyridine rings is 1. The van der Waals surface area contributed by atoms with Crippen molar-refractivity contribution < 1.29 is 4.79 Å². The number of imidazole rings is 1. The Bertz CT molecular complexity index is 636. The van der Waals surface area contributed by atoms with Gasteiger partial charge in [0, 0.05) is 38.8 Å². The highest BCUT2D eigenvalue weighted by Gasteiger charge is 2.20. The standard InChI is InChI=1S/C15H21N5O/c1-2-16-11-12-15(18-13-5-3-4-8-20(12)13)19-9-6-14(21)17-7-10-19/h3-5,8,16H,2,6-7,9-11H2,1H3,(H,17,21). The predicted molar refractivity (Wildman–Crippen MR) is 82.4 cm³/mol. The molecule has 6 heteroatoms. The summed E-state index contributed by atoms with van der Waals surface area (Å²) in [4.78, 5) is 18.5. The number of nitrogens with one attached hydrogen (secondary N) is 2. The third-order valence-electron chi connectivity index (χ3n) is 3.76. The monoisotopic (exact) mass is 287 g/mol. The molecule has 3 heterocycles. The number of rotatable bonds is 4. The molecule has 2 aromatic rings. The Balaban J connectivity index is 1.97. The van der Waals surface area contributed by atoms with Crippen LogP contribution in [0.2, 0.25) is 0 Å². The summed E-state index contributed by atoms with van der Waals surface area (Å²) in [6.07, 6.45) is 2.56. The Morgan fingerprint density at radius 2 is 2.29 bits per heavy atom. The van der Waals surface area contributed by atoms with Gasteiger partial charge in [-0.1, -0.05) is 13.0 Å². The van der Waals surface area contributed by atoms with Crippen molar-refractivity contribution >= 4 is 17.4 Å². The van der Waals surface area contributed by atoms with E-state index >= 15 is 0 Å². The summed E-state index contributed by atoms with van der Waals surface area (Å²) in [7, 11) is 0. The van der Waals surface area contributed by atoms with Crippen molar-refractivity contribution in [1.82, 2.24) is 20.0 Å². The molecule has 0 aromatic carbocycles. The van der Waals surface area contributed by atoms with Crippen LogP contribution in [0.15, 0.2) is 24.4 Å². The Labute approximate surface area is 124 Å². The molecule has 1 saturated heterocycles. The van der Waals surface area contributed by atoms with Gasteiger partial charge in [-0.05, 0) is 18.7 Å². The van der Waals surface area contributed by atoms with Crippen LogP contribution in [-0.2, 0) is 11.3 Å². The highest BCUT2D eigenvalue weighted by atomic mass is 16.1. The highest BCUT2D eigenvalue weighted by Crippen LogP contribution is 2.22. The zero-order chi connectivity index (χ0) is 14.7. The molecular weight excluding hydrogens is 266 g/mol. The lowest BCUT2D eigenvalue weighted by Gasteiger charge is -2.20. The molecule has 2 N–H and O–H groups in total. The summed E-state index contributed by atoms with van der Waals surface area (Å²) < 4.78 is 2.12. The first-order valence-corrected chi connectivity index (χ1v) is 7.48. The van der Waals surface area contributed by atoms with E-state index < -0.39 is 0 Å². The fourth-order valence-corrected chi connectivity index (χ4v) is 2.67. The fraction of sp³-hybridized carbons (Fsp3) is 0.467.